The second-order valence-corrected chi connectivity index (χ2v) is 11.1. The number of carbonyl (C=O) groups excluding carboxylic acids is 1. The van der Waals surface area contributed by atoms with Crippen molar-refractivity contribution in [2.24, 2.45) is 0 Å². The number of halogens is 2. The lowest BCUT2D eigenvalue weighted by atomic mass is 9.96. The zero-order chi connectivity index (χ0) is 25.2. The number of aryl methyl sites for hydroxylation is 4. The molecule has 0 saturated carbocycles. The number of rotatable bonds is 7. The van der Waals surface area contributed by atoms with Crippen molar-refractivity contribution in [3.63, 3.8) is 0 Å². The van der Waals surface area contributed by atoms with E-state index in [4.69, 9.17) is 23.2 Å². The van der Waals surface area contributed by atoms with Crippen molar-refractivity contribution in [1.82, 2.24) is 5.32 Å². The molecular formula is C26H28Cl2N2O3S. The van der Waals surface area contributed by atoms with Gasteiger partial charge in [-0.1, -0.05) is 59.1 Å². The third-order valence-electron chi connectivity index (χ3n) is 5.82. The standard InChI is InChI=1S/C26H28Cl2N2O3S/c1-16-9-11-21(12-10-16)34(32,33)30(24-8-6-7-23(27)26(24)28)15-25(31)29-20(5)22-14-18(3)17(2)13-19(22)4/h6-14,20H,15H2,1-5H3,(H,29,31). The fourth-order valence-corrected chi connectivity index (χ4v) is 5.65. The molecule has 0 fully saturated rings. The summed E-state index contributed by atoms with van der Waals surface area (Å²) in [6, 6.07) is 14.9. The molecule has 180 valence electrons. The highest BCUT2D eigenvalue weighted by Gasteiger charge is 2.30. The molecule has 5 nitrogen and oxygen atoms in total. The summed E-state index contributed by atoms with van der Waals surface area (Å²) in [5, 5.41) is 3.19. The van der Waals surface area contributed by atoms with E-state index in [2.05, 4.69) is 11.4 Å². The molecule has 0 aliphatic rings. The molecule has 1 N–H and O–H groups in total. The molecule has 8 heteroatoms. The average Bonchev–Trinajstić information content (AvgIpc) is 2.77. The monoisotopic (exact) mass is 518 g/mol. The number of amides is 1. The summed E-state index contributed by atoms with van der Waals surface area (Å²) in [6.45, 7) is 9.34. The molecule has 1 amide bonds. The number of hydrogen-bond acceptors (Lipinski definition) is 3. The highest BCUT2D eigenvalue weighted by Crippen LogP contribution is 2.35. The van der Waals surface area contributed by atoms with Gasteiger partial charge in [0.05, 0.1) is 26.7 Å². The van der Waals surface area contributed by atoms with Crippen molar-refractivity contribution in [2.75, 3.05) is 10.8 Å². The molecule has 0 radical (unpaired) electrons. The van der Waals surface area contributed by atoms with Gasteiger partial charge >= 0.3 is 0 Å². The summed E-state index contributed by atoms with van der Waals surface area (Å²) in [5.41, 5.74) is 5.38. The van der Waals surface area contributed by atoms with E-state index in [1.54, 1.807) is 24.3 Å². The molecule has 0 heterocycles. The third-order valence-corrected chi connectivity index (χ3v) is 8.41. The van der Waals surface area contributed by atoms with Crippen LogP contribution < -0.4 is 9.62 Å². The van der Waals surface area contributed by atoms with Gasteiger partial charge in [-0.2, -0.15) is 0 Å². The second-order valence-electron chi connectivity index (χ2n) is 8.48. The summed E-state index contributed by atoms with van der Waals surface area (Å²) < 4.78 is 28.2. The van der Waals surface area contributed by atoms with Crippen molar-refractivity contribution in [3.05, 3.63) is 92.5 Å². The molecule has 0 saturated heterocycles. The molecular weight excluding hydrogens is 491 g/mol. The summed E-state index contributed by atoms with van der Waals surface area (Å²) >= 11 is 12.5. The highest BCUT2D eigenvalue weighted by molar-refractivity contribution is 7.92. The summed E-state index contributed by atoms with van der Waals surface area (Å²) in [5.74, 6) is -0.461. The molecule has 1 unspecified atom stereocenters. The van der Waals surface area contributed by atoms with E-state index in [1.807, 2.05) is 40.7 Å². The van der Waals surface area contributed by atoms with E-state index in [1.165, 1.54) is 23.8 Å². The highest BCUT2D eigenvalue weighted by atomic mass is 35.5. The van der Waals surface area contributed by atoms with E-state index in [0.29, 0.717) is 0 Å². The van der Waals surface area contributed by atoms with Crippen molar-refractivity contribution in [3.8, 4) is 0 Å². The SMILES string of the molecule is Cc1ccc(S(=O)(=O)N(CC(=O)NC(C)c2cc(C)c(C)cc2C)c2cccc(Cl)c2Cl)cc1. The molecule has 3 aromatic carbocycles. The molecule has 3 rings (SSSR count). The van der Waals surface area contributed by atoms with Crippen molar-refractivity contribution < 1.29 is 13.2 Å². The Bertz CT molecular complexity index is 1320. The first-order chi connectivity index (χ1) is 15.9. The Morgan fingerprint density at radius 3 is 2.21 bits per heavy atom. The first-order valence-electron chi connectivity index (χ1n) is 10.8. The lowest BCUT2D eigenvalue weighted by molar-refractivity contribution is -0.120. The topological polar surface area (TPSA) is 66.5 Å². The maximum absolute atomic E-state index is 13.6. The Labute approximate surface area is 211 Å². The predicted octanol–water partition coefficient (Wildman–Crippen LogP) is 6.30. The normalized spacial score (nSPS) is 12.3. The minimum Gasteiger partial charge on any atom is -0.348 e. The van der Waals surface area contributed by atoms with Crippen LogP contribution in [0.5, 0.6) is 0 Å². The first-order valence-corrected chi connectivity index (χ1v) is 13.0. The van der Waals surface area contributed by atoms with Crippen LogP contribution in [0, 0.1) is 27.7 Å². The number of nitrogens with zero attached hydrogens (tertiary/aromatic N) is 1. The number of benzene rings is 3. The maximum Gasteiger partial charge on any atom is 0.264 e. The minimum absolute atomic E-state index is 0.0556. The minimum atomic E-state index is -4.10. The van der Waals surface area contributed by atoms with Crippen LogP contribution in [-0.2, 0) is 14.8 Å². The lowest BCUT2D eigenvalue weighted by Gasteiger charge is -2.26. The van der Waals surface area contributed by atoms with Gasteiger partial charge in [-0.05, 0) is 81.1 Å². The van der Waals surface area contributed by atoms with Gasteiger partial charge in [-0.3, -0.25) is 9.10 Å². The second kappa shape index (κ2) is 10.4. The quantitative estimate of drug-likeness (QED) is 0.399. The van der Waals surface area contributed by atoms with Gasteiger partial charge in [0, 0.05) is 0 Å². The number of sulfonamides is 1. The molecule has 0 aromatic heterocycles. The van der Waals surface area contributed by atoms with Gasteiger partial charge in [-0.15, -0.1) is 0 Å². The molecule has 1 atom stereocenters. The van der Waals surface area contributed by atoms with Crippen LogP contribution in [-0.4, -0.2) is 20.9 Å². The summed E-state index contributed by atoms with van der Waals surface area (Å²) in [4.78, 5) is 13.2. The van der Waals surface area contributed by atoms with Crippen LogP contribution in [0.15, 0.2) is 59.5 Å². The number of anilines is 1. The van der Waals surface area contributed by atoms with Gasteiger partial charge in [0.2, 0.25) is 5.91 Å². The zero-order valence-corrected chi connectivity index (χ0v) is 22.1. The Morgan fingerprint density at radius 1 is 0.941 bits per heavy atom. The molecule has 34 heavy (non-hydrogen) atoms. The molecule has 0 bridgehead atoms. The Balaban J connectivity index is 1.96. The molecule has 0 aliphatic carbocycles. The van der Waals surface area contributed by atoms with Gasteiger partial charge in [0.1, 0.15) is 6.54 Å². The lowest BCUT2D eigenvalue weighted by Crippen LogP contribution is -2.41. The predicted molar refractivity (Wildman–Crippen MR) is 139 cm³/mol. The van der Waals surface area contributed by atoms with Crippen LogP contribution in [0.2, 0.25) is 10.0 Å². The smallest absolute Gasteiger partial charge is 0.264 e. The molecule has 0 aliphatic heterocycles. The summed E-state index contributed by atoms with van der Waals surface area (Å²) in [6.07, 6.45) is 0. The fraction of sp³-hybridized carbons (Fsp3) is 0.269. The van der Waals surface area contributed by atoms with E-state index in [0.717, 1.165) is 26.6 Å². The van der Waals surface area contributed by atoms with Crippen LogP contribution in [0.1, 0.15) is 40.8 Å². The van der Waals surface area contributed by atoms with Crippen molar-refractivity contribution in [2.45, 2.75) is 45.6 Å². The van der Waals surface area contributed by atoms with Gasteiger partial charge in [-0.25, -0.2) is 8.42 Å². The number of carbonyl (C=O) groups is 1. The van der Waals surface area contributed by atoms with E-state index >= 15 is 0 Å². The van der Waals surface area contributed by atoms with E-state index < -0.39 is 22.5 Å². The molecule has 3 aromatic rings. The van der Waals surface area contributed by atoms with Crippen LogP contribution >= 0.6 is 23.2 Å². The van der Waals surface area contributed by atoms with Gasteiger partial charge in [0.25, 0.3) is 10.0 Å². The Hall–Kier alpha value is -2.54. The Kier molecular flexibility index (Phi) is 7.96. The van der Waals surface area contributed by atoms with Crippen molar-refractivity contribution in [1.29, 1.82) is 0 Å². The largest absolute Gasteiger partial charge is 0.348 e. The first kappa shape index (κ1) is 26.1. The van der Waals surface area contributed by atoms with E-state index in [-0.39, 0.29) is 26.7 Å². The average molecular weight is 519 g/mol. The van der Waals surface area contributed by atoms with Crippen molar-refractivity contribution >= 4 is 44.8 Å². The third kappa shape index (κ3) is 5.57. The van der Waals surface area contributed by atoms with Crippen LogP contribution in [0.25, 0.3) is 0 Å². The van der Waals surface area contributed by atoms with E-state index in [9.17, 15) is 13.2 Å². The summed E-state index contributed by atoms with van der Waals surface area (Å²) in [7, 11) is -4.10. The number of hydrogen-bond donors (Lipinski definition) is 1. The zero-order valence-electron chi connectivity index (χ0n) is 19.8. The fourth-order valence-electron chi connectivity index (χ4n) is 3.77. The van der Waals surface area contributed by atoms with Gasteiger partial charge < -0.3 is 5.32 Å². The van der Waals surface area contributed by atoms with Gasteiger partial charge in [0.15, 0.2) is 0 Å². The van der Waals surface area contributed by atoms with Crippen LogP contribution in [0.4, 0.5) is 5.69 Å². The number of nitrogens with one attached hydrogen (secondary N) is 1. The maximum atomic E-state index is 13.6. The Morgan fingerprint density at radius 2 is 1.56 bits per heavy atom. The molecule has 0 spiro atoms. The van der Waals surface area contributed by atoms with Crippen LogP contribution in [0.3, 0.4) is 0 Å².